The van der Waals surface area contributed by atoms with Crippen LogP contribution in [0.1, 0.15) is 62.1 Å². The van der Waals surface area contributed by atoms with Crippen molar-refractivity contribution in [2.45, 2.75) is 52.4 Å². The van der Waals surface area contributed by atoms with E-state index in [-0.39, 0.29) is 5.91 Å². The molecule has 4 N–H and O–H groups in total. The highest BCUT2D eigenvalue weighted by atomic mass is 16.1. The van der Waals surface area contributed by atoms with E-state index in [9.17, 15) is 4.79 Å². The molecular formula is C15H26N4O. The molecule has 5 heteroatoms. The smallest absolute Gasteiger partial charge is 0.273 e. The number of aromatic amines is 1. The van der Waals surface area contributed by atoms with E-state index in [1.165, 1.54) is 25.7 Å². The highest BCUT2D eigenvalue weighted by Gasteiger charge is 2.20. The Morgan fingerprint density at radius 1 is 1.50 bits per heavy atom. The van der Waals surface area contributed by atoms with E-state index in [1.807, 2.05) is 6.92 Å². The summed E-state index contributed by atoms with van der Waals surface area (Å²) in [5.41, 5.74) is 7.54. The van der Waals surface area contributed by atoms with E-state index in [0.717, 1.165) is 30.4 Å². The van der Waals surface area contributed by atoms with Gasteiger partial charge in [-0.25, -0.2) is 0 Å². The maximum Gasteiger partial charge on any atom is 0.273 e. The van der Waals surface area contributed by atoms with Crippen molar-refractivity contribution < 1.29 is 4.79 Å². The molecule has 1 heterocycles. The zero-order chi connectivity index (χ0) is 14.5. The van der Waals surface area contributed by atoms with Gasteiger partial charge in [0.25, 0.3) is 5.91 Å². The largest absolute Gasteiger partial charge is 0.395 e. The molecular weight excluding hydrogens is 252 g/mol. The fourth-order valence-corrected chi connectivity index (χ4v) is 3.12. The monoisotopic (exact) mass is 278 g/mol. The molecule has 20 heavy (non-hydrogen) atoms. The molecule has 0 saturated heterocycles. The molecule has 1 amide bonds. The van der Waals surface area contributed by atoms with Gasteiger partial charge in [0.05, 0.1) is 11.4 Å². The minimum absolute atomic E-state index is 0.165. The zero-order valence-corrected chi connectivity index (χ0v) is 12.5. The fraction of sp³-hybridized carbons (Fsp3) is 0.733. The number of hydrogen-bond acceptors (Lipinski definition) is 3. The first kappa shape index (κ1) is 14.9. The average Bonchev–Trinajstić information content (AvgIpc) is 2.80. The van der Waals surface area contributed by atoms with Crippen LogP contribution in [0.25, 0.3) is 0 Å². The summed E-state index contributed by atoms with van der Waals surface area (Å²) in [5, 5.41) is 9.75. The molecule has 1 fully saturated rings. The molecule has 5 nitrogen and oxygen atoms in total. The van der Waals surface area contributed by atoms with E-state index in [4.69, 9.17) is 5.73 Å². The van der Waals surface area contributed by atoms with Gasteiger partial charge in [0.15, 0.2) is 5.69 Å². The lowest BCUT2D eigenvalue weighted by Gasteiger charge is -2.26. The summed E-state index contributed by atoms with van der Waals surface area (Å²) in [4.78, 5) is 12.0. The minimum Gasteiger partial charge on any atom is -0.395 e. The van der Waals surface area contributed by atoms with Gasteiger partial charge >= 0.3 is 0 Å². The molecule has 2 unspecified atom stereocenters. The SMILES string of the molecule is CCc1[nH]nc(C(=O)NCCC2CCCC(C)C2)c1N. The number of hydrogen-bond donors (Lipinski definition) is 3. The number of nitrogens with two attached hydrogens (primary N) is 1. The number of aromatic nitrogens is 2. The third-order valence-electron chi connectivity index (χ3n) is 4.33. The van der Waals surface area contributed by atoms with E-state index >= 15 is 0 Å². The number of carbonyl (C=O) groups excluding carboxylic acids is 1. The minimum atomic E-state index is -0.165. The Balaban J connectivity index is 1.78. The van der Waals surface area contributed by atoms with Crippen LogP contribution in [0, 0.1) is 11.8 Å². The molecule has 2 atom stereocenters. The van der Waals surface area contributed by atoms with Crippen LogP contribution in [0.5, 0.6) is 0 Å². The summed E-state index contributed by atoms with van der Waals surface area (Å²) < 4.78 is 0. The molecule has 0 bridgehead atoms. The highest BCUT2D eigenvalue weighted by Crippen LogP contribution is 2.30. The van der Waals surface area contributed by atoms with Gasteiger partial charge in [-0.15, -0.1) is 0 Å². The molecule has 0 spiro atoms. The number of anilines is 1. The molecule has 112 valence electrons. The number of carbonyl (C=O) groups is 1. The van der Waals surface area contributed by atoms with Crippen molar-refractivity contribution in [1.29, 1.82) is 0 Å². The Kier molecular flexibility index (Phi) is 5.04. The van der Waals surface area contributed by atoms with Crippen LogP contribution in [-0.4, -0.2) is 22.6 Å². The van der Waals surface area contributed by atoms with Gasteiger partial charge in [-0.3, -0.25) is 9.89 Å². The van der Waals surface area contributed by atoms with Crippen molar-refractivity contribution in [2.75, 3.05) is 12.3 Å². The number of rotatable bonds is 5. The van der Waals surface area contributed by atoms with Crippen LogP contribution in [0.4, 0.5) is 5.69 Å². The van der Waals surface area contributed by atoms with Crippen LogP contribution in [0.2, 0.25) is 0 Å². The van der Waals surface area contributed by atoms with Gasteiger partial charge < -0.3 is 11.1 Å². The average molecular weight is 278 g/mol. The van der Waals surface area contributed by atoms with Crippen molar-refractivity contribution in [1.82, 2.24) is 15.5 Å². The lowest BCUT2D eigenvalue weighted by molar-refractivity contribution is 0.0945. The van der Waals surface area contributed by atoms with Crippen LogP contribution in [-0.2, 0) is 6.42 Å². The molecule has 0 aromatic carbocycles. The highest BCUT2D eigenvalue weighted by molar-refractivity contribution is 5.97. The number of H-pyrrole nitrogens is 1. The van der Waals surface area contributed by atoms with Crippen LogP contribution in [0.3, 0.4) is 0 Å². The second-order valence-electron chi connectivity index (χ2n) is 6.00. The Labute approximate surface area is 120 Å². The van der Waals surface area contributed by atoms with E-state index in [0.29, 0.717) is 17.9 Å². The second kappa shape index (κ2) is 6.77. The third kappa shape index (κ3) is 3.52. The molecule has 0 aliphatic heterocycles. The number of aryl methyl sites for hydroxylation is 1. The van der Waals surface area contributed by atoms with Crippen molar-refractivity contribution in [3.63, 3.8) is 0 Å². The second-order valence-corrected chi connectivity index (χ2v) is 6.00. The van der Waals surface area contributed by atoms with Crippen molar-refractivity contribution >= 4 is 11.6 Å². The van der Waals surface area contributed by atoms with Gasteiger partial charge in [-0.2, -0.15) is 5.10 Å². The quantitative estimate of drug-likeness (QED) is 0.773. The Hall–Kier alpha value is -1.52. The molecule has 0 radical (unpaired) electrons. The molecule has 1 aromatic heterocycles. The van der Waals surface area contributed by atoms with Crippen LogP contribution >= 0.6 is 0 Å². The topological polar surface area (TPSA) is 83.8 Å². The molecule has 2 rings (SSSR count). The van der Waals surface area contributed by atoms with Gasteiger partial charge in [-0.1, -0.05) is 33.1 Å². The van der Waals surface area contributed by atoms with Gasteiger partial charge in [0.2, 0.25) is 0 Å². The standard InChI is InChI=1S/C15H26N4O/c1-3-12-13(16)14(19-18-12)15(20)17-8-7-11-6-4-5-10(2)9-11/h10-11H,3-9,16H2,1-2H3,(H,17,20)(H,18,19). The summed E-state index contributed by atoms with van der Waals surface area (Å²) in [7, 11) is 0. The molecule has 1 saturated carbocycles. The third-order valence-corrected chi connectivity index (χ3v) is 4.33. The Bertz CT molecular complexity index is 455. The predicted molar refractivity (Wildman–Crippen MR) is 80.5 cm³/mol. The van der Waals surface area contributed by atoms with Crippen molar-refractivity contribution in [3.05, 3.63) is 11.4 Å². The van der Waals surface area contributed by atoms with Crippen molar-refractivity contribution in [2.24, 2.45) is 11.8 Å². The maximum atomic E-state index is 12.0. The first-order valence-electron chi connectivity index (χ1n) is 7.72. The first-order chi connectivity index (χ1) is 9.61. The number of nitrogens with zero attached hydrogens (tertiary/aromatic N) is 1. The first-order valence-corrected chi connectivity index (χ1v) is 7.72. The lowest BCUT2D eigenvalue weighted by Crippen LogP contribution is -2.28. The molecule has 1 aromatic rings. The summed E-state index contributed by atoms with van der Waals surface area (Å²) in [6.07, 6.45) is 7.08. The maximum absolute atomic E-state index is 12.0. The number of nitrogens with one attached hydrogen (secondary N) is 2. The summed E-state index contributed by atoms with van der Waals surface area (Å²) in [5.74, 6) is 1.42. The predicted octanol–water partition coefficient (Wildman–Crippen LogP) is 2.50. The van der Waals surface area contributed by atoms with Gasteiger partial charge in [-0.05, 0) is 31.1 Å². The number of nitrogen functional groups attached to an aromatic ring is 1. The lowest BCUT2D eigenvalue weighted by atomic mass is 9.81. The van der Waals surface area contributed by atoms with Crippen molar-refractivity contribution in [3.8, 4) is 0 Å². The molecule has 1 aliphatic carbocycles. The van der Waals surface area contributed by atoms with Gasteiger partial charge in [0, 0.05) is 6.54 Å². The van der Waals surface area contributed by atoms with Crippen LogP contribution in [0.15, 0.2) is 0 Å². The van der Waals surface area contributed by atoms with E-state index in [2.05, 4.69) is 22.4 Å². The van der Waals surface area contributed by atoms with Gasteiger partial charge in [0.1, 0.15) is 0 Å². The normalized spacial score (nSPS) is 22.7. The summed E-state index contributed by atoms with van der Waals surface area (Å²) >= 11 is 0. The summed E-state index contributed by atoms with van der Waals surface area (Å²) in [6, 6.07) is 0. The Morgan fingerprint density at radius 2 is 2.30 bits per heavy atom. The fourth-order valence-electron chi connectivity index (χ4n) is 3.12. The number of amides is 1. The van der Waals surface area contributed by atoms with E-state index < -0.39 is 0 Å². The Morgan fingerprint density at radius 3 is 2.95 bits per heavy atom. The van der Waals surface area contributed by atoms with Crippen LogP contribution < -0.4 is 11.1 Å². The zero-order valence-electron chi connectivity index (χ0n) is 12.5. The summed E-state index contributed by atoms with van der Waals surface area (Å²) in [6.45, 7) is 5.02. The van der Waals surface area contributed by atoms with E-state index in [1.54, 1.807) is 0 Å². The molecule has 1 aliphatic rings.